The first-order chi connectivity index (χ1) is 9.10. The number of nitrogens with zero attached hydrogens (tertiary/aromatic N) is 1. The van der Waals surface area contributed by atoms with Crippen molar-refractivity contribution in [3.63, 3.8) is 0 Å². The van der Waals surface area contributed by atoms with Crippen LogP contribution in [0, 0.1) is 0 Å². The fourth-order valence-electron chi connectivity index (χ4n) is 2.61. The molecular weight excluding hydrogens is 246 g/mol. The SMILES string of the molecule is CCC[C@@H](NC(=O)NC1CCN(C2CC2)C1)C(=O)O. The molecule has 0 radical (unpaired) electrons. The van der Waals surface area contributed by atoms with Crippen LogP contribution in [-0.2, 0) is 4.79 Å². The van der Waals surface area contributed by atoms with Crippen molar-refractivity contribution in [2.24, 2.45) is 0 Å². The van der Waals surface area contributed by atoms with E-state index in [9.17, 15) is 9.59 Å². The van der Waals surface area contributed by atoms with Gasteiger partial charge in [0.1, 0.15) is 6.04 Å². The minimum atomic E-state index is -0.969. The van der Waals surface area contributed by atoms with Crippen molar-refractivity contribution in [3.05, 3.63) is 0 Å². The molecular formula is C13H23N3O3. The zero-order chi connectivity index (χ0) is 13.8. The maximum atomic E-state index is 11.8. The Morgan fingerprint density at radius 1 is 1.37 bits per heavy atom. The van der Waals surface area contributed by atoms with Gasteiger partial charge >= 0.3 is 12.0 Å². The summed E-state index contributed by atoms with van der Waals surface area (Å²) in [7, 11) is 0. The van der Waals surface area contributed by atoms with Crippen LogP contribution in [0.5, 0.6) is 0 Å². The number of rotatable bonds is 6. The molecule has 1 unspecified atom stereocenters. The Labute approximate surface area is 113 Å². The van der Waals surface area contributed by atoms with E-state index in [0.717, 1.165) is 32.0 Å². The van der Waals surface area contributed by atoms with E-state index in [4.69, 9.17) is 5.11 Å². The second-order valence-corrected chi connectivity index (χ2v) is 5.51. The van der Waals surface area contributed by atoms with Gasteiger partial charge in [-0.25, -0.2) is 9.59 Å². The van der Waals surface area contributed by atoms with Crippen molar-refractivity contribution >= 4 is 12.0 Å². The Kier molecular flexibility index (Phi) is 4.63. The number of carbonyl (C=O) groups is 2. The van der Waals surface area contributed by atoms with E-state index in [2.05, 4.69) is 15.5 Å². The lowest BCUT2D eigenvalue weighted by Gasteiger charge is -2.18. The molecule has 0 aromatic carbocycles. The van der Waals surface area contributed by atoms with Crippen LogP contribution in [0.1, 0.15) is 39.0 Å². The third kappa shape index (κ3) is 4.09. The van der Waals surface area contributed by atoms with E-state index < -0.39 is 12.0 Å². The van der Waals surface area contributed by atoms with Gasteiger partial charge < -0.3 is 15.7 Å². The molecule has 0 spiro atoms. The Hall–Kier alpha value is -1.30. The molecule has 2 rings (SSSR count). The molecule has 1 aliphatic heterocycles. The van der Waals surface area contributed by atoms with Gasteiger partial charge in [-0.15, -0.1) is 0 Å². The lowest BCUT2D eigenvalue weighted by molar-refractivity contribution is -0.139. The molecule has 2 fully saturated rings. The van der Waals surface area contributed by atoms with Crippen LogP contribution in [0.4, 0.5) is 4.79 Å². The van der Waals surface area contributed by atoms with Gasteiger partial charge in [-0.2, -0.15) is 0 Å². The van der Waals surface area contributed by atoms with Gasteiger partial charge in [0.15, 0.2) is 0 Å². The highest BCUT2D eigenvalue weighted by Gasteiger charge is 2.35. The first kappa shape index (κ1) is 14.1. The lowest BCUT2D eigenvalue weighted by Crippen LogP contribution is -2.49. The number of carboxylic acid groups (broad SMARTS) is 1. The highest BCUT2D eigenvalue weighted by molar-refractivity contribution is 5.82. The molecule has 0 bridgehead atoms. The highest BCUT2D eigenvalue weighted by atomic mass is 16.4. The van der Waals surface area contributed by atoms with Crippen molar-refractivity contribution in [3.8, 4) is 0 Å². The minimum absolute atomic E-state index is 0.150. The Bertz CT molecular complexity index is 344. The average Bonchev–Trinajstić information content (AvgIpc) is 3.10. The molecule has 0 aromatic heterocycles. The summed E-state index contributed by atoms with van der Waals surface area (Å²) in [6.45, 7) is 3.83. The number of carbonyl (C=O) groups excluding carboxylic acids is 1. The first-order valence-electron chi connectivity index (χ1n) is 7.14. The number of aliphatic carboxylic acids is 1. The molecule has 0 aromatic rings. The van der Waals surface area contributed by atoms with Crippen molar-refractivity contribution in [1.29, 1.82) is 0 Å². The third-order valence-electron chi connectivity index (χ3n) is 3.80. The van der Waals surface area contributed by atoms with Crippen LogP contribution in [0.2, 0.25) is 0 Å². The van der Waals surface area contributed by atoms with Crippen LogP contribution < -0.4 is 10.6 Å². The molecule has 2 amide bonds. The standard InChI is InChI=1S/C13H23N3O3/c1-2-3-11(12(17)18)15-13(19)14-9-6-7-16(8-9)10-4-5-10/h9-11H,2-8H2,1H3,(H,17,18)(H2,14,15,19)/t9?,11-/m1/s1. The number of likely N-dealkylation sites (tertiary alicyclic amines) is 1. The summed E-state index contributed by atoms with van der Waals surface area (Å²) in [5.74, 6) is -0.969. The highest BCUT2D eigenvalue weighted by Crippen LogP contribution is 2.29. The minimum Gasteiger partial charge on any atom is -0.480 e. The van der Waals surface area contributed by atoms with E-state index in [1.54, 1.807) is 0 Å². The number of hydrogen-bond donors (Lipinski definition) is 3. The van der Waals surface area contributed by atoms with Gasteiger partial charge in [0.25, 0.3) is 0 Å². The van der Waals surface area contributed by atoms with Gasteiger partial charge in [-0.1, -0.05) is 13.3 Å². The van der Waals surface area contributed by atoms with Crippen molar-refractivity contribution in [2.45, 2.75) is 57.2 Å². The molecule has 108 valence electrons. The largest absolute Gasteiger partial charge is 0.480 e. The maximum absolute atomic E-state index is 11.8. The van der Waals surface area contributed by atoms with Gasteiger partial charge in [0, 0.05) is 25.2 Å². The summed E-state index contributed by atoms with van der Waals surface area (Å²) in [6, 6.07) is -0.271. The number of urea groups is 1. The summed E-state index contributed by atoms with van der Waals surface area (Å²) in [4.78, 5) is 25.1. The predicted octanol–water partition coefficient (Wildman–Crippen LogP) is 0.776. The summed E-state index contributed by atoms with van der Waals surface area (Å²) in [6.07, 6.45) is 4.69. The first-order valence-corrected chi connectivity index (χ1v) is 7.14. The van der Waals surface area contributed by atoms with Crippen LogP contribution in [0.3, 0.4) is 0 Å². The van der Waals surface area contributed by atoms with Crippen LogP contribution in [0.25, 0.3) is 0 Å². The summed E-state index contributed by atoms with van der Waals surface area (Å²) < 4.78 is 0. The Balaban J connectivity index is 1.72. The fourth-order valence-corrected chi connectivity index (χ4v) is 2.61. The summed E-state index contributed by atoms with van der Waals surface area (Å²) in [5, 5.41) is 14.4. The van der Waals surface area contributed by atoms with Crippen molar-refractivity contribution in [1.82, 2.24) is 15.5 Å². The van der Waals surface area contributed by atoms with Crippen molar-refractivity contribution < 1.29 is 14.7 Å². The van der Waals surface area contributed by atoms with Gasteiger partial charge in [-0.05, 0) is 25.7 Å². The third-order valence-corrected chi connectivity index (χ3v) is 3.80. The number of hydrogen-bond acceptors (Lipinski definition) is 3. The van der Waals surface area contributed by atoms with E-state index in [1.165, 1.54) is 12.8 Å². The monoisotopic (exact) mass is 269 g/mol. The second-order valence-electron chi connectivity index (χ2n) is 5.51. The van der Waals surface area contributed by atoms with E-state index in [1.807, 2.05) is 6.92 Å². The zero-order valence-electron chi connectivity index (χ0n) is 11.4. The van der Waals surface area contributed by atoms with Crippen LogP contribution in [-0.4, -0.2) is 53.2 Å². The quantitative estimate of drug-likeness (QED) is 0.665. The molecule has 2 atom stereocenters. The Morgan fingerprint density at radius 2 is 2.11 bits per heavy atom. The summed E-state index contributed by atoms with van der Waals surface area (Å²) in [5.41, 5.74) is 0. The molecule has 1 heterocycles. The zero-order valence-corrected chi connectivity index (χ0v) is 11.4. The predicted molar refractivity (Wildman–Crippen MR) is 71.0 cm³/mol. The average molecular weight is 269 g/mol. The number of carboxylic acids is 1. The number of amides is 2. The smallest absolute Gasteiger partial charge is 0.326 e. The molecule has 6 heteroatoms. The molecule has 1 saturated heterocycles. The second kappa shape index (κ2) is 6.23. The fraction of sp³-hybridized carbons (Fsp3) is 0.846. The normalized spacial score (nSPS) is 25.0. The lowest BCUT2D eigenvalue weighted by atomic mass is 10.2. The van der Waals surface area contributed by atoms with E-state index >= 15 is 0 Å². The van der Waals surface area contributed by atoms with Gasteiger partial charge in [-0.3, -0.25) is 4.90 Å². The van der Waals surface area contributed by atoms with Gasteiger partial charge in [0.05, 0.1) is 0 Å². The van der Waals surface area contributed by atoms with E-state index in [-0.39, 0.29) is 12.1 Å². The Morgan fingerprint density at radius 3 is 2.68 bits per heavy atom. The van der Waals surface area contributed by atoms with Crippen molar-refractivity contribution in [2.75, 3.05) is 13.1 Å². The molecule has 3 N–H and O–H groups in total. The topological polar surface area (TPSA) is 81.7 Å². The van der Waals surface area contributed by atoms with Crippen LogP contribution >= 0.6 is 0 Å². The maximum Gasteiger partial charge on any atom is 0.326 e. The molecule has 6 nitrogen and oxygen atoms in total. The van der Waals surface area contributed by atoms with Gasteiger partial charge in [0.2, 0.25) is 0 Å². The van der Waals surface area contributed by atoms with E-state index in [0.29, 0.717) is 6.42 Å². The van der Waals surface area contributed by atoms with Crippen LogP contribution in [0.15, 0.2) is 0 Å². The molecule has 19 heavy (non-hydrogen) atoms. The number of nitrogens with one attached hydrogen (secondary N) is 2. The molecule has 2 aliphatic rings. The molecule has 1 aliphatic carbocycles. The molecule has 1 saturated carbocycles. The summed E-state index contributed by atoms with van der Waals surface area (Å²) >= 11 is 0.